The average molecular weight is 307 g/mol. The molecule has 0 aliphatic heterocycles. The smallest absolute Gasteiger partial charge is 0.331 e. The first-order valence-corrected chi connectivity index (χ1v) is 7.92. The van der Waals surface area contributed by atoms with E-state index in [2.05, 4.69) is 5.32 Å². The molecule has 1 fully saturated rings. The zero-order valence-corrected chi connectivity index (χ0v) is 12.6. The Hall–Kier alpha value is -1.89. The van der Waals surface area contributed by atoms with Crippen molar-refractivity contribution in [2.45, 2.75) is 38.3 Å². The molecule has 1 aliphatic carbocycles. The quantitative estimate of drug-likeness (QED) is 0.912. The number of hydrogen-bond donors (Lipinski definition) is 1. The Kier molecular flexibility index (Phi) is 3.67. The van der Waals surface area contributed by atoms with E-state index in [1.54, 1.807) is 11.4 Å². The van der Waals surface area contributed by atoms with E-state index in [0.717, 1.165) is 30.3 Å². The molecule has 7 heteroatoms. The normalized spacial score (nSPS) is 15.7. The lowest BCUT2D eigenvalue weighted by atomic mass is 10.2. The van der Waals surface area contributed by atoms with Crippen molar-refractivity contribution in [3.63, 3.8) is 0 Å². The van der Waals surface area contributed by atoms with E-state index in [9.17, 15) is 14.4 Å². The molecule has 0 aromatic carbocycles. The first-order chi connectivity index (χ1) is 10.1. The number of nitrogens with zero attached hydrogens (tertiary/aromatic N) is 2. The fraction of sp³-hybridized carbons (Fsp3) is 0.500. The maximum absolute atomic E-state index is 12.2. The number of hydrogen-bond acceptors (Lipinski definition) is 4. The predicted octanol–water partition coefficient (Wildman–Crippen LogP) is 0.820. The van der Waals surface area contributed by atoms with Crippen LogP contribution in [0.2, 0.25) is 0 Å². The fourth-order valence-electron chi connectivity index (χ4n) is 2.84. The van der Waals surface area contributed by atoms with Crippen molar-refractivity contribution in [1.29, 1.82) is 0 Å². The van der Waals surface area contributed by atoms with Gasteiger partial charge >= 0.3 is 5.69 Å². The van der Waals surface area contributed by atoms with E-state index >= 15 is 0 Å². The first kappa shape index (κ1) is 14.1. The minimum Gasteiger partial charge on any atom is -0.352 e. The molecular formula is C14H17N3O3S. The van der Waals surface area contributed by atoms with Gasteiger partial charge in [0.05, 0.1) is 5.52 Å². The van der Waals surface area contributed by atoms with E-state index < -0.39 is 5.69 Å². The monoisotopic (exact) mass is 307 g/mol. The van der Waals surface area contributed by atoms with Gasteiger partial charge in [-0.1, -0.05) is 12.8 Å². The van der Waals surface area contributed by atoms with Crippen LogP contribution in [0.5, 0.6) is 0 Å². The molecule has 0 spiro atoms. The number of fused-ring (bicyclic) bond motifs is 1. The van der Waals surface area contributed by atoms with E-state index in [0.29, 0.717) is 10.2 Å². The summed E-state index contributed by atoms with van der Waals surface area (Å²) in [6.45, 7) is -0.0450. The van der Waals surface area contributed by atoms with Gasteiger partial charge in [-0.05, 0) is 24.3 Å². The van der Waals surface area contributed by atoms with Gasteiger partial charge in [-0.15, -0.1) is 11.3 Å². The van der Waals surface area contributed by atoms with Gasteiger partial charge < -0.3 is 5.32 Å². The van der Waals surface area contributed by atoms with Crippen LogP contribution in [-0.2, 0) is 18.4 Å². The molecule has 3 rings (SSSR count). The minimum absolute atomic E-state index is 0.0450. The van der Waals surface area contributed by atoms with Crippen LogP contribution in [0.25, 0.3) is 10.2 Å². The SMILES string of the molecule is Cn1c(=O)c2sccc2n(CC(=O)NC2CCCC2)c1=O. The van der Waals surface area contributed by atoms with Gasteiger partial charge in [0.1, 0.15) is 11.2 Å². The second-order valence-corrected chi connectivity index (χ2v) is 6.33. The van der Waals surface area contributed by atoms with Crippen LogP contribution >= 0.6 is 11.3 Å². The molecule has 1 aliphatic rings. The van der Waals surface area contributed by atoms with Gasteiger partial charge in [0.25, 0.3) is 5.56 Å². The molecule has 21 heavy (non-hydrogen) atoms. The highest BCUT2D eigenvalue weighted by Crippen LogP contribution is 2.18. The summed E-state index contributed by atoms with van der Waals surface area (Å²) in [5.74, 6) is -0.171. The molecule has 112 valence electrons. The van der Waals surface area contributed by atoms with Gasteiger partial charge in [-0.3, -0.25) is 18.7 Å². The molecule has 0 bridgehead atoms. The topological polar surface area (TPSA) is 73.1 Å². The lowest BCUT2D eigenvalue weighted by Gasteiger charge is -2.14. The molecule has 6 nitrogen and oxygen atoms in total. The Morgan fingerprint density at radius 2 is 2.10 bits per heavy atom. The summed E-state index contributed by atoms with van der Waals surface area (Å²) in [4.78, 5) is 36.3. The van der Waals surface area contributed by atoms with E-state index in [1.165, 1.54) is 23.0 Å². The zero-order chi connectivity index (χ0) is 15.0. The molecule has 0 saturated heterocycles. The van der Waals surface area contributed by atoms with Crippen molar-refractivity contribution in [3.8, 4) is 0 Å². The molecule has 0 atom stereocenters. The lowest BCUT2D eigenvalue weighted by molar-refractivity contribution is -0.122. The standard InChI is InChI=1S/C14H17N3O3S/c1-16-13(19)12-10(6-7-21-12)17(14(16)20)8-11(18)15-9-4-2-3-5-9/h6-7,9H,2-5,8H2,1H3,(H,15,18). The number of nitrogens with one attached hydrogen (secondary N) is 1. The fourth-order valence-corrected chi connectivity index (χ4v) is 3.71. The van der Waals surface area contributed by atoms with Crippen molar-refractivity contribution >= 4 is 27.5 Å². The van der Waals surface area contributed by atoms with E-state index in [1.807, 2.05) is 0 Å². The molecule has 1 amide bonds. The van der Waals surface area contributed by atoms with Crippen LogP contribution in [0.15, 0.2) is 21.0 Å². The Bertz CT molecular complexity index is 796. The number of aromatic nitrogens is 2. The average Bonchev–Trinajstić information content (AvgIpc) is 3.12. The van der Waals surface area contributed by atoms with Crippen molar-refractivity contribution in [1.82, 2.24) is 14.5 Å². The summed E-state index contributed by atoms with van der Waals surface area (Å²) in [5, 5.41) is 4.72. The third-order valence-electron chi connectivity index (χ3n) is 3.97. The maximum atomic E-state index is 12.2. The Labute approximate surface area is 125 Å². The summed E-state index contributed by atoms with van der Waals surface area (Å²) >= 11 is 1.29. The summed E-state index contributed by atoms with van der Waals surface area (Å²) < 4.78 is 2.94. The van der Waals surface area contributed by atoms with Crippen LogP contribution < -0.4 is 16.6 Å². The summed E-state index contributed by atoms with van der Waals surface area (Å²) in [6, 6.07) is 1.93. The second kappa shape index (κ2) is 5.48. The van der Waals surface area contributed by atoms with E-state index in [4.69, 9.17) is 0 Å². The van der Waals surface area contributed by atoms with Crippen LogP contribution in [-0.4, -0.2) is 21.1 Å². The Morgan fingerprint density at radius 1 is 1.38 bits per heavy atom. The van der Waals surface area contributed by atoms with Crippen molar-refractivity contribution < 1.29 is 4.79 Å². The number of amides is 1. The zero-order valence-electron chi connectivity index (χ0n) is 11.8. The van der Waals surface area contributed by atoms with Gasteiger partial charge in [-0.25, -0.2) is 4.79 Å². The number of rotatable bonds is 3. The van der Waals surface area contributed by atoms with Crippen LogP contribution in [0.1, 0.15) is 25.7 Å². The molecule has 1 saturated carbocycles. The first-order valence-electron chi connectivity index (χ1n) is 7.04. The highest BCUT2D eigenvalue weighted by atomic mass is 32.1. The summed E-state index contributed by atoms with van der Waals surface area (Å²) in [5.41, 5.74) is -0.223. The van der Waals surface area contributed by atoms with Gasteiger partial charge in [-0.2, -0.15) is 0 Å². The maximum Gasteiger partial charge on any atom is 0.331 e. The van der Waals surface area contributed by atoms with Crippen molar-refractivity contribution in [2.75, 3.05) is 0 Å². The van der Waals surface area contributed by atoms with Gasteiger partial charge in [0.15, 0.2) is 0 Å². The summed E-state index contributed by atoms with van der Waals surface area (Å²) in [6.07, 6.45) is 4.28. The molecule has 2 heterocycles. The molecular weight excluding hydrogens is 290 g/mol. The molecule has 0 radical (unpaired) electrons. The lowest BCUT2D eigenvalue weighted by Crippen LogP contribution is -2.42. The van der Waals surface area contributed by atoms with Crippen LogP contribution in [0.4, 0.5) is 0 Å². The van der Waals surface area contributed by atoms with Crippen molar-refractivity contribution in [2.24, 2.45) is 7.05 Å². The number of carbonyl (C=O) groups is 1. The van der Waals surface area contributed by atoms with Gasteiger partial charge in [0.2, 0.25) is 5.91 Å². The summed E-state index contributed by atoms with van der Waals surface area (Å²) in [7, 11) is 1.44. The number of carbonyl (C=O) groups excluding carboxylic acids is 1. The molecule has 0 unspecified atom stereocenters. The van der Waals surface area contributed by atoms with Gasteiger partial charge in [0, 0.05) is 13.1 Å². The second-order valence-electron chi connectivity index (χ2n) is 5.42. The minimum atomic E-state index is -0.451. The highest BCUT2D eigenvalue weighted by molar-refractivity contribution is 7.17. The predicted molar refractivity (Wildman–Crippen MR) is 81.7 cm³/mol. The number of thiophene rings is 1. The third-order valence-corrected chi connectivity index (χ3v) is 4.87. The van der Waals surface area contributed by atoms with Crippen LogP contribution in [0, 0.1) is 0 Å². The Morgan fingerprint density at radius 3 is 2.81 bits per heavy atom. The van der Waals surface area contributed by atoms with E-state index in [-0.39, 0.29) is 24.1 Å². The largest absolute Gasteiger partial charge is 0.352 e. The molecule has 2 aromatic heterocycles. The highest BCUT2D eigenvalue weighted by Gasteiger charge is 2.19. The molecule has 2 aromatic rings. The van der Waals surface area contributed by atoms with Crippen LogP contribution in [0.3, 0.4) is 0 Å². The third kappa shape index (κ3) is 2.53. The Balaban J connectivity index is 1.93. The van der Waals surface area contributed by atoms with Crippen molar-refractivity contribution in [3.05, 3.63) is 32.3 Å². The molecule has 1 N–H and O–H groups in total.